The van der Waals surface area contributed by atoms with Crippen molar-refractivity contribution in [2.24, 2.45) is 11.8 Å². The molecule has 3 nitrogen and oxygen atoms in total. The van der Waals surface area contributed by atoms with Crippen molar-refractivity contribution in [1.29, 1.82) is 0 Å². The predicted molar refractivity (Wildman–Crippen MR) is 48.1 cm³/mol. The average molecular weight is 170 g/mol. The molecule has 0 saturated heterocycles. The minimum Gasteiger partial charge on any atom is -0.294 e. The van der Waals surface area contributed by atoms with Gasteiger partial charge < -0.3 is 0 Å². The molecule has 12 heavy (non-hydrogen) atoms. The Morgan fingerprint density at radius 1 is 1.08 bits per heavy atom. The molecule has 0 aromatic rings. The average Bonchev–Trinajstić information content (AvgIpc) is 2.02. The van der Waals surface area contributed by atoms with E-state index in [1.165, 1.54) is 32.1 Å². The number of hydrogen-bond acceptors (Lipinski definition) is 2. The zero-order valence-corrected chi connectivity index (χ0v) is 7.51. The zero-order chi connectivity index (χ0) is 8.81. The van der Waals surface area contributed by atoms with Gasteiger partial charge in [0.2, 0.25) is 5.91 Å². The molecule has 0 atom stereocenters. The molecule has 0 bridgehead atoms. The Morgan fingerprint density at radius 2 is 1.58 bits per heavy atom. The summed E-state index contributed by atoms with van der Waals surface area (Å²) in [6, 6.07) is 0. The fraction of sp³-hybridized carbons (Fsp3) is 0.889. The van der Waals surface area contributed by atoms with Crippen molar-refractivity contribution in [3.05, 3.63) is 0 Å². The molecule has 3 N–H and O–H groups in total. The van der Waals surface area contributed by atoms with Gasteiger partial charge in [-0.15, -0.1) is 0 Å². The molecule has 1 fully saturated rings. The van der Waals surface area contributed by atoms with Gasteiger partial charge in [-0.05, 0) is 12.8 Å². The third-order valence-corrected chi connectivity index (χ3v) is 2.62. The summed E-state index contributed by atoms with van der Waals surface area (Å²) in [6.45, 7) is 0. The molecular formula is C9H18N2O. The summed E-state index contributed by atoms with van der Waals surface area (Å²) in [6.07, 6.45) is 8.27. The lowest BCUT2D eigenvalue weighted by Crippen LogP contribution is -2.36. The van der Waals surface area contributed by atoms with Crippen molar-refractivity contribution in [3.63, 3.8) is 0 Å². The van der Waals surface area contributed by atoms with E-state index >= 15 is 0 Å². The highest BCUT2D eigenvalue weighted by Crippen LogP contribution is 2.21. The summed E-state index contributed by atoms with van der Waals surface area (Å²) in [5.41, 5.74) is 2.24. The molecule has 1 aliphatic rings. The van der Waals surface area contributed by atoms with Crippen LogP contribution in [0.1, 0.15) is 44.9 Å². The topological polar surface area (TPSA) is 55.1 Å². The van der Waals surface area contributed by atoms with Gasteiger partial charge in [0.05, 0.1) is 0 Å². The number of carbonyl (C=O) groups is 1. The van der Waals surface area contributed by atoms with E-state index in [1.54, 1.807) is 0 Å². The number of carbonyl (C=O) groups excluding carboxylic acids is 1. The maximum absolute atomic E-state index is 11.2. The van der Waals surface area contributed by atoms with E-state index in [2.05, 4.69) is 5.43 Å². The molecule has 1 aliphatic carbocycles. The van der Waals surface area contributed by atoms with Crippen molar-refractivity contribution in [3.8, 4) is 0 Å². The fourth-order valence-corrected chi connectivity index (χ4v) is 1.84. The fourth-order valence-electron chi connectivity index (χ4n) is 1.84. The lowest BCUT2D eigenvalue weighted by molar-refractivity contribution is -0.125. The molecule has 1 amide bonds. The Hall–Kier alpha value is -0.570. The van der Waals surface area contributed by atoms with Crippen molar-refractivity contribution in [2.45, 2.75) is 44.9 Å². The largest absolute Gasteiger partial charge is 0.294 e. The second-order valence-electron chi connectivity index (χ2n) is 3.55. The number of hydrazine groups is 1. The number of nitrogens with one attached hydrogen (secondary N) is 1. The molecule has 0 radical (unpaired) electrons. The van der Waals surface area contributed by atoms with Gasteiger partial charge in [0.1, 0.15) is 0 Å². The molecule has 0 aliphatic heterocycles. The van der Waals surface area contributed by atoms with Crippen molar-refractivity contribution in [1.82, 2.24) is 5.43 Å². The molecule has 0 heterocycles. The highest BCUT2D eigenvalue weighted by atomic mass is 16.2. The van der Waals surface area contributed by atoms with E-state index in [1.807, 2.05) is 0 Å². The van der Waals surface area contributed by atoms with Crippen LogP contribution in [0.15, 0.2) is 0 Å². The molecule has 0 aromatic carbocycles. The van der Waals surface area contributed by atoms with Crippen LogP contribution >= 0.6 is 0 Å². The second-order valence-corrected chi connectivity index (χ2v) is 3.55. The van der Waals surface area contributed by atoms with Crippen LogP contribution in [0.3, 0.4) is 0 Å². The Balaban J connectivity index is 2.34. The Bertz CT molecular complexity index is 139. The predicted octanol–water partition coefficient (Wildman–Crippen LogP) is 1.34. The van der Waals surface area contributed by atoms with Crippen LogP contribution in [0, 0.1) is 5.92 Å². The van der Waals surface area contributed by atoms with Crippen LogP contribution in [0.5, 0.6) is 0 Å². The van der Waals surface area contributed by atoms with Gasteiger partial charge in [-0.25, -0.2) is 5.84 Å². The zero-order valence-electron chi connectivity index (χ0n) is 7.51. The normalized spacial score (nSPS) is 21.1. The highest BCUT2D eigenvalue weighted by Gasteiger charge is 2.17. The maximum Gasteiger partial charge on any atom is 0.236 e. The molecular weight excluding hydrogens is 152 g/mol. The van der Waals surface area contributed by atoms with Crippen LogP contribution in [0.2, 0.25) is 0 Å². The smallest absolute Gasteiger partial charge is 0.236 e. The van der Waals surface area contributed by atoms with Gasteiger partial charge in [-0.3, -0.25) is 10.2 Å². The van der Waals surface area contributed by atoms with E-state index in [-0.39, 0.29) is 11.8 Å². The van der Waals surface area contributed by atoms with Crippen LogP contribution < -0.4 is 11.3 Å². The number of amides is 1. The monoisotopic (exact) mass is 170 g/mol. The van der Waals surface area contributed by atoms with Crippen molar-refractivity contribution >= 4 is 5.91 Å². The van der Waals surface area contributed by atoms with Gasteiger partial charge in [0.25, 0.3) is 0 Å². The van der Waals surface area contributed by atoms with E-state index in [9.17, 15) is 4.79 Å². The Kier molecular flexibility index (Phi) is 4.08. The van der Waals surface area contributed by atoms with Gasteiger partial charge in [0.15, 0.2) is 0 Å². The minimum atomic E-state index is 0.0249. The molecule has 3 heteroatoms. The first kappa shape index (κ1) is 9.52. The minimum absolute atomic E-state index is 0.0249. The lowest BCUT2D eigenvalue weighted by atomic mass is 9.91. The second kappa shape index (κ2) is 5.14. The molecule has 0 unspecified atom stereocenters. The molecule has 1 rings (SSSR count). The van der Waals surface area contributed by atoms with E-state index in [0.29, 0.717) is 0 Å². The standard InChI is InChI=1S/C9H18N2O/c10-11-9(12)8-6-4-2-1-3-5-7-8/h8H,1-7,10H2,(H,11,12). The number of rotatable bonds is 1. The van der Waals surface area contributed by atoms with Gasteiger partial charge in [-0.2, -0.15) is 0 Å². The maximum atomic E-state index is 11.2. The molecule has 70 valence electrons. The number of nitrogens with two attached hydrogens (primary N) is 1. The first-order valence-corrected chi connectivity index (χ1v) is 4.85. The van der Waals surface area contributed by atoms with Crippen LogP contribution in [0.4, 0.5) is 0 Å². The summed E-state index contributed by atoms with van der Waals surface area (Å²) in [7, 11) is 0. The lowest BCUT2D eigenvalue weighted by Gasteiger charge is -2.17. The first-order valence-electron chi connectivity index (χ1n) is 4.85. The van der Waals surface area contributed by atoms with E-state index in [4.69, 9.17) is 5.84 Å². The number of hydrogen-bond donors (Lipinski definition) is 2. The summed E-state index contributed by atoms with van der Waals surface area (Å²) < 4.78 is 0. The van der Waals surface area contributed by atoms with Gasteiger partial charge in [-0.1, -0.05) is 32.1 Å². The van der Waals surface area contributed by atoms with E-state index < -0.39 is 0 Å². The molecule has 0 spiro atoms. The Morgan fingerprint density at radius 3 is 2.08 bits per heavy atom. The Labute approximate surface area is 73.7 Å². The first-order chi connectivity index (χ1) is 5.84. The quantitative estimate of drug-likeness (QED) is 0.354. The van der Waals surface area contributed by atoms with Gasteiger partial charge in [0, 0.05) is 5.92 Å². The third-order valence-electron chi connectivity index (χ3n) is 2.62. The molecule has 1 saturated carbocycles. The SMILES string of the molecule is NNC(=O)C1CCCCCCC1. The molecule has 0 aromatic heterocycles. The van der Waals surface area contributed by atoms with Gasteiger partial charge >= 0.3 is 0 Å². The highest BCUT2D eigenvalue weighted by molar-refractivity contribution is 5.77. The summed E-state index contributed by atoms with van der Waals surface area (Å²) in [5.74, 6) is 5.29. The van der Waals surface area contributed by atoms with Crippen LogP contribution in [0.25, 0.3) is 0 Å². The van der Waals surface area contributed by atoms with Crippen molar-refractivity contribution < 1.29 is 4.79 Å². The third kappa shape index (κ3) is 2.81. The summed E-state index contributed by atoms with van der Waals surface area (Å²) in [4.78, 5) is 11.2. The van der Waals surface area contributed by atoms with Crippen LogP contribution in [-0.2, 0) is 4.79 Å². The summed E-state index contributed by atoms with van der Waals surface area (Å²) in [5, 5.41) is 0. The van der Waals surface area contributed by atoms with E-state index in [0.717, 1.165) is 12.8 Å². The van der Waals surface area contributed by atoms with Crippen LogP contribution in [-0.4, -0.2) is 5.91 Å². The van der Waals surface area contributed by atoms with Crippen molar-refractivity contribution in [2.75, 3.05) is 0 Å². The summed E-state index contributed by atoms with van der Waals surface area (Å²) >= 11 is 0.